The van der Waals surface area contributed by atoms with Gasteiger partial charge in [-0.15, -0.1) is 0 Å². The molecular weight excluding hydrogens is 258 g/mol. The van der Waals surface area contributed by atoms with Crippen LogP contribution in [0.15, 0.2) is 24.3 Å². The molecule has 6 nitrogen and oxygen atoms in total. The molecule has 2 rings (SSSR count). The lowest BCUT2D eigenvalue weighted by Crippen LogP contribution is -2.46. The third-order valence-electron chi connectivity index (χ3n) is 2.92. The average Bonchev–Trinajstić information content (AvgIpc) is 2.52. The van der Waals surface area contributed by atoms with Crippen LogP contribution >= 0.6 is 0 Å². The van der Waals surface area contributed by atoms with Crippen LogP contribution in [0.4, 0.5) is 0 Å². The Kier molecular flexibility index (Phi) is 4.54. The molecule has 0 bridgehead atoms. The number of para-hydroxylation sites is 1. The molecule has 1 saturated heterocycles. The number of carbonyl (C=O) groups excluding carboxylic acids is 1. The normalized spacial score (nSPS) is 17.9. The van der Waals surface area contributed by atoms with E-state index in [-0.39, 0.29) is 19.1 Å². The highest BCUT2D eigenvalue weighted by atomic mass is 16.5. The van der Waals surface area contributed by atoms with Gasteiger partial charge in [-0.3, -0.25) is 4.79 Å². The molecule has 0 N–H and O–H groups in total. The van der Waals surface area contributed by atoms with E-state index in [2.05, 4.69) is 0 Å². The summed E-state index contributed by atoms with van der Waals surface area (Å²) >= 11 is 0. The summed E-state index contributed by atoms with van der Waals surface area (Å²) in [4.78, 5) is 13.5. The van der Waals surface area contributed by atoms with E-state index in [1.807, 2.05) is 12.1 Å². The van der Waals surface area contributed by atoms with E-state index in [9.17, 15) is 4.79 Å². The van der Waals surface area contributed by atoms with Crippen LogP contribution in [0.3, 0.4) is 0 Å². The minimum Gasteiger partial charge on any atom is -0.482 e. The Morgan fingerprint density at radius 2 is 2.25 bits per heavy atom. The predicted molar refractivity (Wildman–Crippen MR) is 68.6 cm³/mol. The van der Waals surface area contributed by atoms with Crippen molar-refractivity contribution in [3.63, 3.8) is 0 Å². The molecule has 1 fully saturated rings. The third-order valence-corrected chi connectivity index (χ3v) is 2.92. The van der Waals surface area contributed by atoms with Crippen molar-refractivity contribution in [2.75, 3.05) is 26.3 Å². The maximum Gasteiger partial charge on any atom is 0.260 e. The zero-order valence-corrected chi connectivity index (χ0v) is 10.8. The van der Waals surface area contributed by atoms with E-state index in [1.165, 1.54) is 4.90 Å². The van der Waals surface area contributed by atoms with Gasteiger partial charge in [0.2, 0.25) is 0 Å². The Balaban J connectivity index is 1.92. The zero-order chi connectivity index (χ0) is 14.4. The van der Waals surface area contributed by atoms with Crippen molar-refractivity contribution in [2.24, 2.45) is 0 Å². The van der Waals surface area contributed by atoms with Gasteiger partial charge in [-0.2, -0.15) is 10.5 Å². The van der Waals surface area contributed by atoms with Gasteiger partial charge in [-0.25, -0.2) is 0 Å². The molecule has 1 aromatic rings. The predicted octanol–water partition coefficient (Wildman–Crippen LogP) is 0.688. The molecule has 102 valence electrons. The summed E-state index contributed by atoms with van der Waals surface area (Å²) < 4.78 is 10.5. The Labute approximate surface area is 116 Å². The Morgan fingerprint density at radius 1 is 1.45 bits per heavy atom. The number of morpholine rings is 1. The van der Waals surface area contributed by atoms with Crippen molar-refractivity contribution >= 4 is 5.91 Å². The third kappa shape index (κ3) is 3.25. The Morgan fingerprint density at radius 3 is 3.00 bits per heavy atom. The van der Waals surface area contributed by atoms with Crippen molar-refractivity contribution < 1.29 is 14.3 Å². The van der Waals surface area contributed by atoms with Crippen LogP contribution < -0.4 is 4.74 Å². The molecule has 20 heavy (non-hydrogen) atoms. The topological polar surface area (TPSA) is 86.3 Å². The van der Waals surface area contributed by atoms with Crippen LogP contribution in [0.2, 0.25) is 0 Å². The summed E-state index contributed by atoms with van der Waals surface area (Å²) in [6.45, 7) is 0.883. The van der Waals surface area contributed by atoms with Crippen LogP contribution in [0.25, 0.3) is 0 Å². The van der Waals surface area contributed by atoms with Gasteiger partial charge >= 0.3 is 0 Å². The van der Waals surface area contributed by atoms with E-state index >= 15 is 0 Å². The highest BCUT2D eigenvalue weighted by Gasteiger charge is 2.24. The van der Waals surface area contributed by atoms with Crippen LogP contribution in [0, 0.1) is 22.7 Å². The fourth-order valence-corrected chi connectivity index (χ4v) is 1.87. The number of rotatable bonds is 3. The van der Waals surface area contributed by atoms with Crippen molar-refractivity contribution in [1.82, 2.24) is 4.90 Å². The van der Waals surface area contributed by atoms with Crippen LogP contribution in [-0.2, 0) is 9.53 Å². The maximum absolute atomic E-state index is 12.0. The smallest absolute Gasteiger partial charge is 0.260 e. The first-order chi connectivity index (χ1) is 9.74. The first-order valence-corrected chi connectivity index (χ1v) is 6.15. The first kappa shape index (κ1) is 13.9. The number of hydrogen-bond donors (Lipinski definition) is 0. The number of ether oxygens (including phenoxy) is 2. The molecule has 6 heteroatoms. The minimum atomic E-state index is -0.584. The fourth-order valence-electron chi connectivity index (χ4n) is 1.87. The second-order valence-electron chi connectivity index (χ2n) is 4.22. The lowest BCUT2D eigenvalue weighted by molar-refractivity contribution is -0.139. The molecular formula is C14H13N3O3. The average molecular weight is 271 g/mol. The number of benzene rings is 1. The minimum absolute atomic E-state index is 0.156. The highest BCUT2D eigenvalue weighted by molar-refractivity contribution is 5.78. The zero-order valence-electron chi connectivity index (χ0n) is 10.8. The lowest BCUT2D eigenvalue weighted by atomic mass is 10.2. The molecule has 0 aromatic heterocycles. The largest absolute Gasteiger partial charge is 0.482 e. The number of hydrogen-bond acceptors (Lipinski definition) is 5. The van der Waals surface area contributed by atoms with Crippen LogP contribution in [0.1, 0.15) is 5.56 Å². The van der Waals surface area contributed by atoms with Crippen molar-refractivity contribution in [3.8, 4) is 17.9 Å². The monoisotopic (exact) mass is 271 g/mol. The number of nitriles is 2. The molecule has 0 spiro atoms. The molecule has 1 atom stereocenters. The lowest BCUT2D eigenvalue weighted by Gasteiger charge is -2.29. The van der Waals surface area contributed by atoms with Crippen LogP contribution in [-0.4, -0.2) is 43.2 Å². The number of amides is 1. The summed E-state index contributed by atoms with van der Waals surface area (Å²) in [6, 6.07) is 10.7. The summed E-state index contributed by atoms with van der Waals surface area (Å²) in [7, 11) is 0. The van der Waals surface area contributed by atoms with Gasteiger partial charge in [0, 0.05) is 6.54 Å². The molecule has 1 aromatic carbocycles. The highest BCUT2D eigenvalue weighted by Crippen LogP contribution is 2.16. The SMILES string of the molecule is N#Cc1ccccc1OCC(=O)N1CCOC(C#N)C1. The molecule has 1 aliphatic heterocycles. The van der Waals surface area contributed by atoms with Gasteiger partial charge in [-0.05, 0) is 12.1 Å². The van der Waals surface area contributed by atoms with Gasteiger partial charge in [0.15, 0.2) is 12.7 Å². The summed E-state index contributed by atoms with van der Waals surface area (Å²) in [5.74, 6) is 0.162. The van der Waals surface area contributed by atoms with Gasteiger partial charge in [0.1, 0.15) is 11.8 Å². The van der Waals surface area contributed by atoms with Crippen molar-refractivity contribution in [2.45, 2.75) is 6.10 Å². The number of carbonyl (C=O) groups is 1. The fraction of sp³-hybridized carbons (Fsp3) is 0.357. The standard InChI is InChI=1S/C14H13N3O3/c15-7-11-3-1-2-4-13(11)20-10-14(18)17-5-6-19-12(8-16)9-17/h1-4,12H,5-6,9-10H2. The molecule has 0 radical (unpaired) electrons. The molecule has 0 saturated carbocycles. The molecule has 1 aliphatic rings. The van der Waals surface area contributed by atoms with Crippen molar-refractivity contribution in [3.05, 3.63) is 29.8 Å². The maximum atomic E-state index is 12.0. The molecule has 0 aliphatic carbocycles. The quantitative estimate of drug-likeness (QED) is 0.807. The number of nitrogens with zero attached hydrogens (tertiary/aromatic N) is 3. The van der Waals surface area contributed by atoms with E-state index in [0.717, 1.165) is 0 Å². The molecule has 1 amide bonds. The Hall–Kier alpha value is -2.57. The van der Waals surface area contributed by atoms with Crippen molar-refractivity contribution in [1.29, 1.82) is 10.5 Å². The van der Waals surface area contributed by atoms with Gasteiger partial charge < -0.3 is 14.4 Å². The first-order valence-electron chi connectivity index (χ1n) is 6.15. The molecule has 1 unspecified atom stereocenters. The van der Waals surface area contributed by atoms with E-state index in [0.29, 0.717) is 24.5 Å². The Bertz CT molecular complexity index is 574. The van der Waals surface area contributed by atoms with E-state index < -0.39 is 6.10 Å². The van der Waals surface area contributed by atoms with Gasteiger partial charge in [0.05, 0.1) is 24.8 Å². The summed E-state index contributed by atoms with van der Waals surface area (Å²) in [5, 5.41) is 17.7. The summed E-state index contributed by atoms with van der Waals surface area (Å²) in [5.41, 5.74) is 0.386. The van der Waals surface area contributed by atoms with Gasteiger partial charge in [-0.1, -0.05) is 12.1 Å². The van der Waals surface area contributed by atoms with E-state index in [1.54, 1.807) is 24.3 Å². The van der Waals surface area contributed by atoms with Crippen LogP contribution in [0.5, 0.6) is 5.75 Å². The second-order valence-corrected chi connectivity index (χ2v) is 4.22. The summed E-state index contributed by atoms with van der Waals surface area (Å²) in [6.07, 6.45) is -0.584. The van der Waals surface area contributed by atoms with E-state index in [4.69, 9.17) is 20.0 Å². The second kappa shape index (κ2) is 6.55. The van der Waals surface area contributed by atoms with Gasteiger partial charge in [0.25, 0.3) is 5.91 Å². The molecule has 1 heterocycles.